The molecule has 0 fully saturated rings. The zero-order valence-corrected chi connectivity index (χ0v) is 12.7. The first-order valence-electron chi connectivity index (χ1n) is 5.86. The Morgan fingerprint density at radius 3 is 2.78 bits per heavy atom. The fourth-order valence-corrected chi connectivity index (χ4v) is 2.03. The Morgan fingerprint density at radius 2 is 2.17 bits per heavy atom. The molecule has 0 amide bonds. The molecule has 102 valence electrons. The lowest BCUT2D eigenvalue weighted by molar-refractivity contribution is 0.0357. The second-order valence-electron chi connectivity index (χ2n) is 4.78. The molecule has 0 saturated carbocycles. The summed E-state index contributed by atoms with van der Waals surface area (Å²) in [5, 5.41) is 13.4. The summed E-state index contributed by atoms with van der Waals surface area (Å²) in [5.41, 5.74) is 7.70. The van der Waals surface area contributed by atoms with Crippen LogP contribution in [0.1, 0.15) is 18.9 Å². The number of hydrogen-bond donors (Lipinski definition) is 3. The lowest BCUT2D eigenvalue weighted by Gasteiger charge is -2.24. The van der Waals surface area contributed by atoms with Crippen LogP contribution in [0.4, 0.5) is 11.4 Å². The maximum absolute atomic E-state index is 10.1. The number of halogens is 1. The average Bonchev–Trinajstić information content (AvgIpc) is 2.30. The first kappa shape index (κ1) is 15.3. The van der Waals surface area contributed by atoms with E-state index in [-0.39, 0.29) is 0 Å². The van der Waals surface area contributed by atoms with Crippen LogP contribution in [0.5, 0.6) is 0 Å². The number of nitrogens with two attached hydrogens (primary N) is 1. The minimum absolute atomic E-state index is 0.457. The molecular weight excluding hydrogens is 296 g/mol. The molecule has 1 atom stereocenters. The maximum atomic E-state index is 10.1. The average molecular weight is 317 g/mol. The summed E-state index contributed by atoms with van der Waals surface area (Å²) in [5.74, 6) is 0. The molecule has 0 aliphatic heterocycles. The third-order valence-corrected chi connectivity index (χ3v) is 3.52. The molecule has 4 nitrogen and oxygen atoms in total. The monoisotopic (exact) mass is 316 g/mol. The number of nitrogens with one attached hydrogen (secondary N) is 1. The van der Waals surface area contributed by atoms with E-state index in [1.54, 1.807) is 14.0 Å². The number of rotatable bonds is 6. The van der Waals surface area contributed by atoms with E-state index in [4.69, 9.17) is 10.5 Å². The summed E-state index contributed by atoms with van der Waals surface area (Å²) in [7, 11) is 1.63. The molecule has 0 aliphatic carbocycles. The quantitative estimate of drug-likeness (QED) is 0.705. The molecule has 4 N–H and O–H groups in total. The second-order valence-corrected chi connectivity index (χ2v) is 5.64. The molecule has 0 bridgehead atoms. The fourth-order valence-electron chi connectivity index (χ4n) is 1.53. The van der Waals surface area contributed by atoms with Crippen molar-refractivity contribution in [1.82, 2.24) is 0 Å². The molecule has 0 heterocycles. The van der Waals surface area contributed by atoms with Crippen molar-refractivity contribution in [3.63, 3.8) is 0 Å². The van der Waals surface area contributed by atoms with Gasteiger partial charge in [-0.2, -0.15) is 0 Å². The minimum Gasteiger partial charge on any atom is -0.398 e. The Morgan fingerprint density at radius 1 is 1.50 bits per heavy atom. The van der Waals surface area contributed by atoms with E-state index >= 15 is 0 Å². The number of aryl methyl sites for hydroxylation is 1. The molecule has 5 heteroatoms. The van der Waals surface area contributed by atoms with E-state index in [0.29, 0.717) is 19.6 Å². The molecule has 1 unspecified atom stereocenters. The Kier molecular flexibility index (Phi) is 5.44. The van der Waals surface area contributed by atoms with Crippen LogP contribution < -0.4 is 11.1 Å². The Bertz CT molecular complexity index is 408. The largest absolute Gasteiger partial charge is 0.398 e. The van der Waals surface area contributed by atoms with Crippen molar-refractivity contribution in [2.75, 3.05) is 31.3 Å². The van der Waals surface area contributed by atoms with Crippen LogP contribution >= 0.6 is 15.9 Å². The summed E-state index contributed by atoms with van der Waals surface area (Å²) < 4.78 is 5.87. The van der Waals surface area contributed by atoms with Gasteiger partial charge in [0.05, 0.1) is 5.60 Å². The number of ether oxygens (including phenoxy) is 1. The number of benzene rings is 1. The second kappa shape index (κ2) is 6.41. The van der Waals surface area contributed by atoms with Crippen LogP contribution in [-0.2, 0) is 4.74 Å². The van der Waals surface area contributed by atoms with E-state index in [2.05, 4.69) is 21.2 Å². The summed E-state index contributed by atoms with van der Waals surface area (Å²) in [6, 6.07) is 3.83. The number of anilines is 2. The van der Waals surface area contributed by atoms with Gasteiger partial charge in [0.1, 0.15) is 0 Å². The Balaban J connectivity index is 2.66. The van der Waals surface area contributed by atoms with Crippen molar-refractivity contribution < 1.29 is 9.84 Å². The molecule has 0 aromatic heterocycles. The van der Waals surface area contributed by atoms with Gasteiger partial charge < -0.3 is 20.9 Å². The molecule has 0 saturated heterocycles. The molecule has 0 radical (unpaired) electrons. The Hall–Kier alpha value is -0.780. The predicted molar refractivity (Wildman–Crippen MR) is 78.9 cm³/mol. The van der Waals surface area contributed by atoms with Crippen molar-refractivity contribution >= 4 is 27.3 Å². The Labute approximate surface area is 117 Å². The molecule has 1 rings (SSSR count). The normalized spacial score (nSPS) is 14.3. The number of hydrogen-bond acceptors (Lipinski definition) is 4. The van der Waals surface area contributed by atoms with Crippen molar-refractivity contribution in [2.24, 2.45) is 0 Å². The van der Waals surface area contributed by atoms with Gasteiger partial charge in [-0.15, -0.1) is 0 Å². The zero-order chi connectivity index (χ0) is 13.8. The minimum atomic E-state index is -0.801. The molecule has 18 heavy (non-hydrogen) atoms. The summed E-state index contributed by atoms with van der Waals surface area (Å²) in [6.07, 6.45) is 0.585. The summed E-state index contributed by atoms with van der Waals surface area (Å²) in [6.45, 7) is 4.74. The van der Waals surface area contributed by atoms with Crippen LogP contribution in [0.2, 0.25) is 0 Å². The molecule has 1 aromatic rings. The van der Waals surface area contributed by atoms with Gasteiger partial charge in [0.25, 0.3) is 0 Å². The standard InChI is InChI=1S/C13H21BrN2O2/c1-9-6-12(10(14)7-11(9)15)16-8-13(2,17)4-5-18-3/h6-7,16-17H,4-5,8,15H2,1-3H3. The summed E-state index contributed by atoms with van der Waals surface area (Å²) in [4.78, 5) is 0. The van der Waals surface area contributed by atoms with Crippen molar-refractivity contribution in [1.29, 1.82) is 0 Å². The number of methoxy groups -OCH3 is 1. The van der Waals surface area contributed by atoms with E-state index in [1.165, 1.54) is 0 Å². The maximum Gasteiger partial charge on any atom is 0.0813 e. The third kappa shape index (κ3) is 4.48. The first-order chi connectivity index (χ1) is 8.35. The lowest BCUT2D eigenvalue weighted by atomic mass is 10.0. The van der Waals surface area contributed by atoms with Crippen LogP contribution in [0.25, 0.3) is 0 Å². The van der Waals surface area contributed by atoms with Gasteiger partial charge in [0.15, 0.2) is 0 Å². The number of nitrogen functional groups attached to an aromatic ring is 1. The van der Waals surface area contributed by atoms with Gasteiger partial charge in [-0.1, -0.05) is 0 Å². The number of aliphatic hydroxyl groups is 1. The molecule has 0 spiro atoms. The molecular formula is C13H21BrN2O2. The predicted octanol–water partition coefficient (Wildman–Crippen LogP) is 2.54. The van der Waals surface area contributed by atoms with Gasteiger partial charge >= 0.3 is 0 Å². The fraction of sp³-hybridized carbons (Fsp3) is 0.538. The van der Waals surface area contributed by atoms with Crippen LogP contribution in [0.15, 0.2) is 16.6 Å². The highest BCUT2D eigenvalue weighted by Gasteiger charge is 2.20. The van der Waals surface area contributed by atoms with Crippen LogP contribution in [0, 0.1) is 6.92 Å². The zero-order valence-electron chi connectivity index (χ0n) is 11.1. The highest BCUT2D eigenvalue weighted by atomic mass is 79.9. The highest BCUT2D eigenvalue weighted by Crippen LogP contribution is 2.28. The van der Waals surface area contributed by atoms with E-state index in [9.17, 15) is 5.11 Å². The SMILES string of the molecule is COCCC(C)(O)CNc1cc(C)c(N)cc1Br. The van der Waals surface area contributed by atoms with Gasteiger partial charge in [-0.25, -0.2) is 0 Å². The molecule has 1 aromatic carbocycles. The van der Waals surface area contributed by atoms with Gasteiger partial charge in [0, 0.05) is 42.5 Å². The molecule has 0 aliphatic rings. The van der Waals surface area contributed by atoms with E-state index in [1.807, 2.05) is 19.1 Å². The van der Waals surface area contributed by atoms with Gasteiger partial charge in [-0.05, 0) is 47.5 Å². The highest BCUT2D eigenvalue weighted by molar-refractivity contribution is 9.10. The van der Waals surface area contributed by atoms with Crippen LogP contribution in [0.3, 0.4) is 0 Å². The van der Waals surface area contributed by atoms with Crippen molar-refractivity contribution in [3.8, 4) is 0 Å². The van der Waals surface area contributed by atoms with Crippen LogP contribution in [-0.4, -0.2) is 31.0 Å². The van der Waals surface area contributed by atoms with Crippen molar-refractivity contribution in [3.05, 3.63) is 22.2 Å². The van der Waals surface area contributed by atoms with E-state index < -0.39 is 5.60 Å². The smallest absolute Gasteiger partial charge is 0.0813 e. The first-order valence-corrected chi connectivity index (χ1v) is 6.66. The van der Waals surface area contributed by atoms with Gasteiger partial charge in [-0.3, -0.25) is 0 Å². The van der Waals surface area contributed by atoms with Crippen molar-refractivity contribution in [2.45, 2.75) is 25.9 Å². The topological polar surface area (TPSA) is 67.5 Å². The lowest BCUT2D eigenvalue weighted by Crippen LogP contribution is -2.34. The van der Waals surface area contributed by atoms with E-state index in [0.717, 1.165) is 21.4 Å². The van der Waals surface area contributed by atoms with Gasteiger partial charge in [0.2, 0.25) is 0 Å². The third-order valence-electron chi connectivity index (χ3n) is 2.86. The summed E-state index contributed by atoms with van der Waals surface area (Å²) >= 11 is 3.45.